The van der Waals surface area contributed by atoms with Crippen molar-refractivity contribution in [1.29, 1.82) is 0 Å². The molecule has 0 bridgehead atoms. The van der Waals surface area contributed by atoms with E-state index < -0.39 is 0 Å². The van der Waals surface area contributed by atoms with Gasteiger partial charge in [0.1, 0.15) is 11.6 Å². The first-order valence-electron chi connectivity index (χ1n) is 11.6. The molecule has 1 aromatic heterocycles. The summed E-state index contributed by atoms with van der Waals surface area (Å²) in [5, 5.41) is 11.7. The molecule has 2 heterocycles. The molecule has 0 fully saturated rings. The molecule has 0 saturated heterocycles. The van der Waals surface area contributed by atoms with Crippen molar-refractivity contribution in [1.82, 2.24) is 14.8 Å². The van der Waals surface area contributed by atoms with Gasteiger partial charge < -0.3 is 14.6 Å². The van der Waals surface area contributed by atoms with Crippen LogP contribution in [0.15, 0.2) is 36.4 Å². The Kier molecular flexibility index (Phi) is 5.70. The molecule has 33 heavy (non-hydrogen) atoms. The molecule has 7 nitrogen and oxygen atoms in total. The number of ketones is 1. The van der Waals surface area contributed by atoms with Crippen LogP contribution >= 0.6 is 0 Å². The maximum atomic E-state index is 12.6. The van der Waals surface area contributed by atoms with Crippen molar-refractivity contribution in [2.75, 3.05) is 11.9 Å². The van der Waals surface area contributed by atoms with Gasteiger partial charge in [0.05, 0.1) is 5.56 Å². The van der Waals surface area contributed by atoms with E-state index in [9.17, 15) is 9.59 Å². The van der Waals surface area contributed by atoms with Gasteiger partial charge in [0.2, 0.25) is 0 Å². The van der Waals surface area contributed by atoms with Gasteiger partial charge in [-0.15, -0.1) is 10.2 Å². The summed E-state index contributed by atoms with van der Waals surface area (Å²) in [5.41, 5.74) is 4.35. The van der Waals surface area contributed by atoms with Crippen LogP contribution in [0, 0.1) is 6.92 Å². The number of aryl methyl sites for hydroxylation is 2. The van der Waals surface area contributed by atoms with Crippen molar-refractivity contribution >= 4 is 17.4 Å². The predicted molar refractivity (Wildman–Crippen MR) is 126 cm³/mol. The van der Waals surface area contributed by atoms with Gasteiger partial charge in [-0.05, 0) is 55.0 Å². The van der Waals surface area contributed by atoms with Gasteiger partial charge in [0, 0.05) is 30.6 Å². The molecule has 1 unspecified atom stereocenters. The fourth-order valence-electron chi connectivity index (χ4n) is 5.00. The number of Topliss-reactive ketones (excluding diaryl/α,β-unsaturated/α-hetero) is 1. The van der Waals surface area contributed by atoms with E-state index in [1.807, 2.05) is 37.3 Å². The van der Waals surface area contributed by atoms with Crippen molar-refractivity contribution in [2.45, 2.75) is 58.4 Å². The Hall–Kier alpha value is -3.48. The lowest BCUT2D eigenvalue weighted by atomic mass is 9.97. The Morgan fingerprint density at radius 3 is 2.94 bits per heavy atom. The van der Waals surface area contributed by atoms with Gasteiger partial charge >= 0.3 is 0 Å². The van der Waals surface area contributed by atoms with Crippen molar-refractivity contribution in [3.63, 3.8) is 0 Å². The number of nitrogens with zero attached hydrogens (tertiary/aromatic N) is 3. The smallest absolute Gasteiger partial charge is 0.262 e. The quantitative estimate of drug-likeness (QED) is 0.617. The van der Waals surface area contributed by atoms with Gasteiger partial charge in [0.15, 0.2) is 18.2 Å². The molecule has 3 aromatic rings. The summed E-state index contributed by atoms with van der Waals surface area (Å²) in [7, 11) is 0. The molecule has 1 aliphatic heterocycles. The molecule has 2 aromatic carbocycles. The number of carbonyl (C=O) groups excluding carboxylic acids is 2. The van der Waals surface area contributed by atoms with Crippen LogP contribution in [0.3, 0.4) is 0 Å². The average Bonchev–Trinajstić information content (AvgIpc) is 3.24. The zero-order valence-corrected chi connectivity index (χ0v) is 19.1. The van der Waals surface area contributed by atoms with E-state index in [2.05, 4.69) is 27.0 Å². The maximum Gasteiger partial charge on any atom is 0.262 e. The fourth-order valence-corrected chi connectivity index (χ4v) is 5.00. The van der Waals surface area contributed by atoms with E-state index in [0.29, 0.717) is 23.4 Å². The molecule has 5 rings (SSSR count). The molecule has 170 valence electrons. The topological polar surface area (TPSA) is 86.1 Å². The molecule has 1 N–H and O–H groups in total. The van der Waals surface area contributed by atoms with Gasteiger partial charge in [-0.25, -0.2) is 0 Å². The monoisotopic (exact) mass is 444 g/mol. The van der Waals surface area contributed by atoms with Crippen LogP contribution in [0.25, 0.3) is 11.4 Å². The molecule has 1 atom stereocenters. The second-order valence-electron chi connectivity index (χ2n) is 9.02. The van der Waals surface area contributed by atoms with E-state index >= 15 is 0 Å². The Labute approximate surface area is 193 Å². The number of rotatable bonds is 5. The number of hydrogen-bond donors (Lipinski definition) is 1. The number of aromatic nitrogens is 3. The van der Waals surface area contributed by atoms with Crippen LogP contribution in [0.5, 0.6) is 5.75 Å². The normalized spacial score (nSPS) is 17.3. The van der Waals surface area contributed by atoms with E-state index in [0.717, 1.165) is 54.1 Å². The lowest BCUT2D eigenvalue weighted by Crippen LogP contribution is -2.20. The maximum absolute atomic E-state index is 12.6. The predicted octanol–water partition coefficient (Wildman–Crippen LogP) is 4.69. The zero-order chi connectivity index (χ0) is 22.9. The second kappa shape index (κ2) is 8.81. The first-order chi connectivity index (χ1) is 16.0. The van der Waals surface area contributed by atoms with Crippen LogP contribution in [-0.2, 0) is 17.8 Å². The van der Waals surface area contributed by atoms with Crippen molar-refractivity contribution < 1.29 is 14.3 Å². The Morgan fingerprint density at radius 1 is 1.18 bits per heavy atom. The highest BCUT2D eigenvalue weighted by Crippen LogP contribution is 2.40. The van der Waals surface area contributed by atoms with Gasteiger partial charge in [-0.2, -0.15) is 0 Å². The number of nitrogens with one attached hydrogen (secondary N) is 1. The Morgan fingerprint density at radius 2 is 2.06 bits per heavy atom. The number of amides is 1. The first-order valence-corrected chi connectivity index (χ1v) is 11.6. The van der Waals surface area contributed by atoms with Crippen LogP contribution in [0.4, 0.5) is 5.69 Å². The Bertz CT molecular complexity index is 1230. The van der Waals surface area contributed by atoms with Crippen LogP contribution < -0.4 is 10.1 Å². The Balaban J connectivity index is 1.29. The van der Waals surface area contributed by atoms with Crippen LogP contribution in [0.2, 0.25) is 0 Å². The molecule has 2 aliphatic rings. The van der Waals surface area contributed by atoms with Crippen LogP contribution in [-0.4, -0.2) is 33.1 Å². The van der Waals surface area contributed by atoms with Gasteiger partial charge in [-0.1, -0.05) is 31.5 Å². The number of benzene rings is 2. The minimum Gasteiger partial charge on any atom is -0.483 e. The summed E-state index contributed by atoms with van der Waals surface area (Å²) in [6, 6.07) is 11.4. The van der Waals surface area contributed by atoms with Gasteiger partial charge in [-0.3, -0.25) is 9.59 Å². The number of carbonyl (C=O) groups is 2. The highest BCUT2D eigenvalue weighted by Gasteiger charge is 2.31. The number of fused-ring (bicyclic) bond motifs is 2. The van der Waals surface area contributed by atoms with E-state index in [1.165, 1.54) is 6.42 Å². The number of hydrogen-bond acceptors (Lipinski definition) is 5. The average molecular weight is 445 g/mol. The lowest BCUT2D eigenvalue weighted by molar-refractivity contribution is -0.118. The molecule has 0 radical (unpaired) electrons. The molecule has 1 aliphatic carbocycles. The van der Waals surface area contributed by atoms with Crippen LogP contribution in [0.1, 0.15) is 65.8 Å². The van der Waals surface area contributed by atoms with E-state index in [1.54, 1.807) is 6.07 Å². The summed E-state index contributed by atoms with van der Waals surface area (Å²) < 4.78 is 7.98. The molecule has 1 amide bonds. The van der Waals surface area contributed by atoms with Crippen molar-refractivity contribution in [3.05, 3.63) is 58.9 Å². The van der Waals surface area contributed by atoms with E-state index in [-0.39, 0.29) is 24.2 Å². The third-order valence-corrected chi connectivity index (χ3v) is 6.56. The lowest BCUT2D eigenvalue weighted by Gasteiger charge is -2.13. The molecular weight excluding hydrogens is 416 g/mol. The minimum absolute atomic E-state index is 0.0803. The zero-order valence-electron chi connectivity index (χ0n) is 19.1. The SMILES string of the molecule is Cc1ccc(OCC(=O)Nc2cccc(-c3nnc4n3CCCCC4)c2)c2c1C(C)CC2=O. The standard InChI is InChI=1S/C26H28N4O3/c1-16-10-11-21(25-20(31)13-17(2)24(16)25)33-15-23(32)27-19-8-6-7-18(14-19)26-29-28-22-9-4-3-5-12-30(22)26/h6-8,10-11,14,17H,3-5,9,12-13,15H2,1-2H3,(H,27,32). The van der Waals surface area contributed by atoms with Crippen molar-refractivity contribution in [3.8, 4) is 17.1 Å². The summed E-state index contributed by atoms with van der Waals surface area (Å²) in [6.45, 7) is 4.81. The second-order valence-corrected chi connectivity index (χ2v) is 9.02. The summed E-state index contributed by atoms with van der Waals surface area (Å²) >= 11 is 0. The number of ether oxygens (including phenoxy) is 1. The molecular formula is C26H28N4O3. The molecule has 0 spiro atoms. The largest absolute Gasteiger partial charge is 0.483 e. The molecule has 7 heteroatoms. The van der Waals surface area contributed by atoms with Crippen molar-refractivity contribution in [2.24, 2.45) is 0 Å². The summed E-state index contributed by atoms with van der Waals surface area (Å²) in [6.07, 6.45) is 4.90. The van der Waals surface area contributed by atoms with E-state index in [4.69, 9.17) is 4.74 Å². The van der Waals surface area contributed by atoms with Gasteiger partial charge in [0.25, 0.3) is 5.91 Å². The third kappa shape index (κ3) is 4.15. The fraction of sp³-hybridized carbons (Fsp3) is 0.385. The highest BCUT2D eigenvalue weighted by atomic mass is 16.5. The summed E-state index contributed by atoms with van der Waals surface area (Å²) in [5.74, 6) is 2.33. The number of anilines is 1. The minimum atomic E-state index is -0.278. The first kappa shape index (κ1) is 21.4. The highest BCUT2D eigenvalue weighted by molar-refractivity contribution is 6.04. The third-order valence-electron chi connectivity index (χ3n) is 6.56. The molecule has 0 saturated carbocycles. The summed E-state index contributed by atoms with van der Waals surface area (Å²) in [4.78, 5) is 25.1.